The summed E-state index contributed by atoms with van der Waals surface area (Å²) in [6, 6.07) is 2.35. The largest absolute Gasteiger partial charge is 0.475 e. The maximum absolute atomic E-state index is 5.60. The van der Waals surface area contributed by atoms with Gasteiger partial charge in [-0.2, -0.15) is 4.98 Å². The van der Waals surface area contributed by atoms with Gasteiger partial charge in [0, 0.05) is 17.8 Å². The first-order valence-corrected chi connectivity index (χ1v) is 6.16. The van der Waals surface area contributed by atoms with Crippen LogP contribution in [0.15, 0.2) is 6.07 Å². The Hall–Kier alpha value is -1.32. The van der Waals surface area contributed by atoms with Crippen molar-refractivity contribution in [2.45, 2.75) is 53.2 Å². The van der Waals surface area contributed by atoms with Crippen molar-refractivity contribution < 1.29 is 4.74 Å². The Bertz CT molecular complexity index is 415. The number of ether oxygens (including phenoxy) is 1. The van der Waals surface area contributed by atoms with Gasteiger partial charge >= 0.3 is 0 Å². The van der Waals surface area contributed by atoms with Crippen LogP contribution in [0.2, 0.25) is 0 Å². The molecule has 0 radical (unpaired) electrons. The van der Waals surface area contributed by atoms with E-state index in [0.29, 0.717) is 23.3 Å². The van der Waals surface area contributed by atoms with E-state index in [1.165, 1.54) is 6.42 Å². The zero-order chi connectivity index (χ0) is 12.6. The van der Waals surface area contributed by atoms with Crippen LogP contribution in [0.5, 0.6) is 5.88 Å². The lowest BCUT2D eigenvalue weighted by molar-refractivity contribution is 0.232. The highest BCUT2D eigenvalue weighted by Gasteiger charge is 2.46. The second-order valence-corrected chi connectivity index (χ2v) is 5.73. The number of anilines is 1. The summed E-state index contributed by atoms with van der Waals surface area (Å²) in [7, 11) is 0. The molecule has 1 aliphatic rings. The Morgan fingerprint density at radius 3 is 2.59 bits per heavy atom. The predicted molar refractivity (Wildman–Crippen MR) is 68.3 cm³/mol. The van der Waals surface area contributed by atoms with Crippen molar-refractivity contribution in [2.75, 3.05) is 5.32 Å². The number of aryl methyl sites for hydroxylation is 1. The molecule has 4 heteroatoms. The van der Waals surface area contributed by atoms with Crippen molar-refractivity contribution in [3.05, 3.63) is 11.8 Å². The highest BCUT2D eigenvalue weighted by Crippen LogP contribution is 2.46. The Morgan fingerprint density at radius 2 is 2.06 bits per heavy atom. The van der Waals surface area contributed by atoms with E-state index in [2.05, 4.69) is 29.1 Å². The summed E-state index contributed by atoms with van der Waals surface area (Å²) >= 11 is 0. The second kappa shape index (κ2) is 4.17. The Kier molecular flexibility index (Phi) is 2.98. The van der Waals surface area contributed by atoms with Crippen LogP contribution in [0, 0.1) is 12.3 Å². The van der Waals surface area contributed by atoms with Crippen molar-refractivity contribution in [3.63, 3.8) is 0 Å². The highest BCUT2D eigenvalue weighted by molar-refractivity contribution is 5.35. The van der Waals surface area contributed by atoms with Crippen LogP contribution < -0.4 is 10.1 Å². The van der Waals surface area contributed by atoms with Crippen LogP contribution >= 0.6 is 0 Å². The number of hydrogen-bond donors (Lipinski definition) is 1. The third-order valence-electron chi connectivity index (χ3n) is 3.00. The van der Waals surface area contributed by atoms with Crippen molar-refractivity contribution >= 4 is 5.95 Å². The van der Waals surface area contributed by atoms with E-state index in [0.717, 1.165) is 5.69 Å². The zero-order valence-electron chi connectivity index (χ0n) is 11.2. The molecular weight excluding hydrogens is 214 g/mol. The molecule has 1 heterocycles. The molecule has 1 atom stereocenters. The SMILES string of the molecule is Cc1cc(OC(C)C)nc(NC2CC2(C)C)n1. The predicted octanol–water partition coefficient (Wildman–Crippen LogP) is 2.78. The van der Waals surface area contributed by atoms with Gasteiger partial charge in [-0.3, -0.25) is 0 Å². The fourth-order valence-corrected chi connectivity index (χ4v) is 1.78. The zero-order valence-corrected chi connectivity index (χ0v) is 11.2. The summed E-state index contributed by atoms with van der Waals surface area (Å²) in [6.45, 7) is 10.4. The molecule has 1 aliphatic carbocycles. The molecule has 17 heavy (non-hydrogen) atoms. The van der Waals surface area contributed by atoms with E-state index in [4.69, 9.17) is 4.74 Å². The van der Waals surface area contributed by atoms with Gasteiger partial charge in [0.1, 0.15) is 0 Å². The number of hydrogen-bond acceptors (Lipinski definition) is 4. The molecule has 1 saturated carbocycles. The molecule has 1 N–H and O–H groups in total. The Balaban J connectivity index is 2.09. The molecule has 1 aromatic heterocycles. The maximum atomic E-state index is 5.60. The van der Waals surface area contributed by atoms with Gasteiger partial charge in [-0.1, -0.05) is 13.8 Å². The summed E-state index contributed by atoms with van der Waals surface area (Å²) in [6.07, 6.45) is 1.31. The molecule has 0 aliphatic heterocycles. The lowest BCUT2D eigenvalue weighted by atomic mass is 10.2. The monoisotopic (exact) mass is 235 g/mol. The average Bonchev–Trinajstić information content (AvgIpc) is 2.70. The van der Waals surface area contributed by atoms with Gasteiger partial charge in [0.15, 0.2) is 0 Å². The Labute approximate surface area is 103 Å². The minimum absolute atomic E-state index is 0.134. The molecule has 1 fully saturated rings. The first-order valence-electron chi connectivity index (χ1n) is 6.16. The van der Waals surface area contributed by atoms with E-state index < -0.39 is 0 Å². The van der Waals surface area contributed by atoms with Gasteiger partial charge in [0.2, 0.25) is 11.8 Å². The summed E-state index contributed by atoms with van der Waals surface area (Å²) < 4.78 is 5.60. The summed E-state index contributed by atoms with van der Waals surface area (Å²) in [4.78, 5) is 8.76. The second-order valence-electron chi connectivity index (χ2n) is 5.73. The molecule has 2 rings (SSSR count). The fourth-order valence-electron chi connectivity index (χ4n) is 1.78. The van der Waals surface area contributed by atoms with Crippen LogP contribution in [0.1, 0.15) is 39.8 Å². The minimum Gasteiger partial charge on any atom is -0.475 e. The molecule has 0 aromatic carbocycles. The van der Waals surface area contributed by atoms with Crippen molar-refractivity contribution in [1.29, 1.82) is 0 Å². The summed E-state index contributed by atoms with van der Waals surface area (Å²) in [5.41, 5.74) is 1.29. The van der Waals surface area contributed by atoms with Crippen LogP contribution in [0.4, 0.5) is 5.95 Å². The molecule has 0 spiro atoms. The first-order chi connectivity index (χ1) is 7.87. The average molecular weight is 235 g/mol. The van der Waals surface area contributed by atoms with Crippen molar-refractivity contribution in [3.8, 4) is 5.88 Å². The third kappa shape index (κ3) is 3.08. The van der Waals surface area contributed by atoms with Crippen LogP contribution in [0.25, 0.3) is 0 Å². The number of nitrogens with zero attached hydrogens (tertiary/aromatic N) is 2. The number of rotatable bonds is 4. The first kappa shape index (κ1) is 12.1. The van der Waals surface area contributed by atoms with Gasteiger partial charge in [-0.15, -0.1) is 0 Å². The van der Waals surface area contributed by atoms with Gasteiger partial charge in [0.25, 0.3) is 0 Å². The third-order valence-corrected chi connectivity index (χ3v) is 3.00. The molecule has 0 saturated heterocycles. The highest BCUT2D eigenvalue weighted by atomic mass is 16.5. The normalized spacial score (nSPS) is 21.4. The molecular formula is C13H21N3O. The molecule has 94 valence electrons. The van der Waals surface area contributed by atoms with Crippen LogP contribution in [-0.4, -0.2) is 22.1 Å². The molecule has 1 unspecified atom stereocenters. The van der Waals surface area contributed by atoms with Gasteiger partial charge in [0.05, 0.1) is 6.10 Å². The molecule has 1 aromatic rings. The van der Waals surface area contributed by atoms with E-state index in [1.54, 1.807) is 0 Å². The molecule has 0 bridgehead atoms. The van der Waals surface area contributed by atoms with E-state index in [-0.39, 0.29) is 6.10 Å². The van der Waals surface area contributed by atoms with Crippen molar-refractivity contribution in [2.24, 2.45) is 5.41 Å². The number of nitrogens with one attached hydrogen (secondary N) is 1. The lowest BCUT2D eigenvalue weighted by Gasteiger charge is -2.12. The summed E-state index contributed by atoms with van der Waals surface area (Å²) in [5.74, 6) is 1.32. The summed E-state index contributed by atoms with van der Waals surface area (Å²) in [5, 5.41) is 3.36. The molecule has 0 amide bonds. The van der Waals surface area contributed by atoms with E-state index in [1.807, 2.05) is 26.8 Å². The maximum Gasteiger partial charge on any atom is 0.226 e. The van der Waals surface area contributed by atoms with Crippen LogP contribution in [-0.2, 0) is 0 Å². The van der Waals surface area contributed by atoms with Gasteiger partial charge in [-0.25, -0.2) is 4.98 Å². The lowest BCUT2D eigenvalue weighted by Crippen LogP contribution is -2.13. The quantitative estimate of drug-likeness (QED) is 0.871. The van der Waals surface area contributed by atoms with Gasteiger partial charge < -0.3 is 10.1 Å². The Morgan fingerprint density at radius 1 is 1.41 bits per heavy atom. The smallest absolute Gasteiger partial charge is 0.226 e. The fraction of sp³-hybridized carbons (Fsp3) is 0.692. The topological polar surface area (TPSA) is 47.0 Å². The van der Waals surface area contributed by atoms with Gasteiger partial charge in [-0.05, 0) is 32.6 Å². The minimum atomic E-state index is 0.134. The standard InChI is InChI=1S/C13H21N3O/c1-8(2)17-11-6-9(3)14-12(16-11)15-10-7-13(10,4)5/h6,8,10H,7H2,1-5H3,(H,14,15,16). The van der Waals surface area contributed by atoms with E-state index in [9.17, 15) is 0 Å². The van der Waals surface area contributed by atoms with Crippen molar-refractivity contribution in [1.82, 2.24) is 9.97 Å². The number of aromatic nitrogens is 2. The van der Waals surface area contributed by atoms with E-state index >= 15 is 0 Å². The molecule has 4 nitrogen and oxygen atoms in total. The van der Waals surface area contributed by atoms with Crippen LogP contribution in [0.3, 0.4) is 0 Å².